The SMILES string of the molecule is Nc1ccc(SCC(O)CF)cc1. The maximum atomic E-state index is 11.9. The van der Waals surface area contributed by atoms with E-state index in [1.54, 1.807) is 12.1 Å². The van der Waals surface area contributed by atoms with Gasteiger partial charge in [0.1, 0.15) is 6.67 Å². The Morgan fingerprint density at radius 2 is 2.00 bits per heavy atom. The third kappa shape index (κ3) is 3.65. The molecule has 1 aromatic rings. The number of aliphatic hydroxyl groups excluding tert-OH is 1. The van der Waals surface area contributed by atoms with Crippen LogP contribution in [0.2, 0.25) is 0 Å². The zero-order valence-corrected chi connectivity index (χ0v) is 7.93. The van der Waals surface area contributed by atoms with Gasteiger partial charge in [-0.1, -0.05) is 0 Å². The minimum atomic E-state index is -0.873. The number of aliphatic hydroxyl groups is 1. The van der Waals surface area contributed by atoms with Crippen LogP contribution in [-0.2, 0) is 0 Å². The van der Waals surface area contributed by atoms with Crippen molar-refractivity contribution in [1.82, 2.24) is 0 Å². The highest BCUT2D eigenvalue weighted by Crippen LogP contribution is 2.19. The number of alkyl halides is 1. The molecule has 0 aromatic heterocycles. The van der Waals surface area contributed by atoms with Crippen molar-refractivity contribution in [3.05, 3.63) is 24.3 Å². The fourth-order valence-corrected chi connectivity index (χ4v) is 1.60. The first kappa shape index (κ1) is 10.3. The molecule has 1 aromatic carbocycles. The van der Waals surface area contributed by atoms with E-state index in [0.717, 1.165) is 4.90 Å². The summed E-state index contributed by atoms with van der Waals surface area (Å²) in [6.45, 7) is -0.692. The van der Waals surface area contributed by atoms with E-state index in [4.69, 9.17) is 10.8 Å². The van der Waals surface area contributed by atoms with E-state index in [1.165, 1.54) is 11.8 Å². The topological polar surface area (TPSA) is 46.2 Å². The van der Waals surface area contributed by atoms with Crippen molar-refractivity contribution >= 4 is 17.4 Å². The summed E-state index contributed by atoms with van der Waals surface area (Å²) in [7, 11) is 0. The maximum Gasteiger partial charge on any atom is 0.116 e. The molecule has 2 nitrogen and oxygen atoms in total. The molecule has 0 radical (unpaired) electrons. The Kier molecular flexibility index (Phi) is 4.05. The van der Waals surface area contributed by atoms with E-state index in [0.29, 0.717) is 11.4 Å². The normalized spacial score (nSPS) is 12.8. The lowest BCUT2D eigenvalue weighted by Gasteiger charge is -2.05. The summed E-state index contributed by atoms with van der Waals surface area (Å²) in [5.74, 6) is 0.375. The van der Waals surface area contributed by atoms with Crippen molar-refractivity contribution in [3.63, 3.8) is 0 Å². The van der Waals surface area contributed by atoms with E-state index >= 15 is 0 Å². The van der Waals surface area contributed by atoms with E-state index in [2.05, 4.69) is 0 Å². The van der Waals surface area contributed by atoms with Gasteiger partial charge in [-0.3, -0.25) is 0 Å². The summed E-state index contributed by atoms with van der Waals surface area (Å²) in [5, 5.41) is 8.95. The van der Waals surface area contributed by atoms with Crippen LogP contribution in [0.25, 0.3) is 0 Å². The van der Waals surface area contributed by atoms with Crippen molar-refractivity contribution in [3.8, 4) is 0 Å². The van der Waals surface area contributed by atoms with E-state index in [1.807, 2.05) is 12.1 Å². The number of hydrogen-bond acceptors (Lipinski definition) is 3. The molecule has 72 valence electrons. The molecule has 0 spiro atoms. The van der Waals surface area contributed by atoms with Crippen LogP contribution >= 0.6 is 11.8 Å². The molecule has 0 amide bonds. The van der Waals surface area contributed by atoms with Gasteiger partial charge in [0, 0.05) is 16.3 Å². The van der Waals surface area contributed by atoms with Gasteiger partial charge >= 0.3 is 0 Å². The molecule has 1 atom stereocenters. The Morgan fingerprint density at radius 3 is 2.54 bits per heavy atom. The average molecular weight is 201 g/mol. The summed E-state index contributed by atoms with van der Waals surface area (Å²) in [5.41, 5.74) is 6.19. The quantitative estimate of drug-likeness (QED) is 0.575. The zero-order valence-electron chi connectivity index (χ0n) is 7.11. The number of anilines is 1. The van der Waals surface area contributed by atoms with Crippen LogP contribution in [0.4, 0.5) is 10.1 Å². The smallest absolute Gasteiger partial charge is 0.116 e. The molecule has 4 heteroatoms. The number of rotatable bonds is 4. The summed E-state index contributed by atoms with van der Waals surface area (Å²) < 4.78 is 11.9. The minimum Gasteiger partial charge on any atom is -0.399 e. The molecule has 0 fully saturated rings. The van der Waals surface area contributed by atoms with Crippen LogP contribution in [0, 0.1) is 0 Å². The van der Waals surface area contributed by atoms with Crippen LogP contribution in [0.1, 0.15) is 0 Å². The van der Waals surface area contributed by atoms with E-state index < -0.39 is 12.8 Å². The molecule has 0 aliphatic rings. The lowest BCUT2D eigenvalue weighted by Crippen LogP contribution is -2.11. The molecule has 0 saturated heterocycles. The molecule has 0 aliphatic carbocycles. The first-order valence-corrected chi connectivity index (χ1v) is 4.93. The molecule has 0 bridgehead atoms. The number of halogens is 1. The predicted octanol–water partition coefficient (Wildman–Crippen LogP) is 1.69. The van der Waals surface area contributed by atoms with Gasteiger partial charge in [0.2, 0.25) is 0 Å². The minimum absolute atomic E-state index is 0.375. The van der Waals surface area contributed by atoms with Gasteiger partial charge in [-0.2, -0.15) is 0 Å². The van der Waals surface area contributed by atoms with Gasteiger partial charge in [0.15, 0.2) is 0 Å². The lowest BCUT2D eigenvalue weighted by molar-refractivity contribution is 0.162. The molecule has 1 rings (SSSR count). The monoisotopic (exact) mass is 201 g/mol. The van der Waals surface area contributed by atoms with Crippen molar-refractivity contribution < 1.29 is 9.50 Å². The molecular formula is C9H12FNOS. The van der Waals surface area contributed by atoms with Gasteiger partial charge in [-0.25, -0.2) is 4.39 Å². The van der Waals surface area contributed by atoms with E-state index in [-0.39, 0.29) is 0 Å². The standard InChI is InChI=1S/C9H12FNOS/c10-5-8(12)6-13-9-3-1-7(11)2-4-9/h1-4,8,12H,5-6,11H2. The van der Waals surface area contributed by atoms with Gasteiger partial charge in [-0.05, 0) is 24.3 Å². The number of hydrogen-bond donors (Lipinski definition) is 2. The molecule has 13 heavy (non-hydrogen) atoms. The Morgan fingerprint density at radius 1 is 1.38 bits per heavy atom. The average Bonchev–Trinajstić information content (AvgIpc) is 2.16. The molecule has 0 heterocycles. The van der Waals surface area contributed by atoms with Gasteiger partial charge < -0.3 is 10.8 Å². The third-order valence-corrected chi connectivity index (χ3v) is 2.66. The second-order valence-electron chi connectivity index (χ2n) is 2.69. The number of thioether (sulfide) groups is 1. The van der Waals surface area contributed by atoms with Gasteiger partial charge in [0.25, 0.3) is 0 Å². The Hall–Kier alpha value is -0.740. The van der Waals surface area contributed by atoms with Crippen molar-refractivity contribution in [2.24, 2.45) is 0 Å². The predicted molar refractivity (Wildman–Crippen MR) is 53.6 cm³/mol. The second-order valence-corrected chi connectivity index (χ2v) is 3.78. The Balaban J connectivity index is 2.41. The highest BCUT2D eigenvalue weighted by Gasteiger charge is 2.03. The largest absolute Gasteiger partial charge is 0.399 e. The molecule has 3 N–H and O–H groups in total. The fourth-order valence-electron chi connectivity index (χ4n) is 0.801. The van der Waals surface area contributed by atoms with Gasteiger partial charge in [0.05, 0.1) is 6.10 Å². The Labute approximate surface area is 80.9 Å². The second kappa shape index (κ2) is 5.09. The summed E-state index contributed by atoms with van der Waals surface area (Å²) in [6.07, 6.45) is -0.873. The van der Waals surface area contributed by atoms with Crippen molar-refractivity contribution in [2.45, 2.75) is 11.0 Å². The highest BCUT2D eigenvalue weighted by atomic mass is 32.2. The summed E-state index contributed by atoms with van der Waals surface area (Å²) in [4.78, 5) is 0.988. The molecule has 0 saturated carbocycles. The summed E-state index contributed by atoms with van der Waals surface area (Å²) in [6, 6.07) is 7.27. The van der Waals surface area contributed by atoms with Crippen LogP contribution < -0.4 is 5.73 Å². The number of benzene rings is 1. The first-order chi connectivity index (χ1) is 6.22. The fraction of sp³-hybridized carbons (Fsp3) is 0.333. The van der Waals surface area contributed by atoms with Crippen LogP contribution in [0.3, 0.4) is 0 Å². The highest BCUT2D eigenvalue weighted by molar-refractivity contribution is 7.99. The third-order valence-electron chi connectivity index (χ3n) is 1.50. The number of nitrogen functional groups attached to an aromatic ring is 1. The first-order valence-electron chi connectivity index (χ1n) is 3.94. The van der Waals surface area contributed by atoms with Crippen LogP contribution in [0.15, 0.2) is 29.2 Å². The molecule has 1 unspecified atom stereocenters. The van der Waals surface area contributed by atoms with Crippen LogP contribution in [0.5, 0.6) is 0 Å². The molecular weight excluding hydrogens is 189 g/mol. The summed E-state index contributed by atoms with van der Waals surface area (Å²) >= 11 is 1.42. The van der Waals surface area contributed by atoms with E-state index in [9.17, 15) is 4.39 Å². The van der Waals surface area contributed by atoms with Gasteiger partial charge in [-0.15, -0.1) is 11.8 Å². The number of nitrogens with two attached hydrogens (primary N) is 1. The zero-order chi connectivity index (χ0) is 9.68. The lowest BCUT2D eigenvalue weighted by atomic mass is 10.3. The maximum absolute atomic E-state index is 11.9. The molecule has 0 aliphatic heterocycles. The van der Waals surface area contributed by atoms with Crippen molar-refractivity contribution in [1.29, 1.82) is 0 Å². The Bertz CT molecular complexity index is 252. The van der Waals surface area contributed by atoms with Crippen molar-refractivity contribution in [2.75, 3.05) is 18.2 Å². The van der Waals surface area contributed by atoms with Crippen LogP contribution in [-0.4, -0.2) is 23.6 Å².